The van der Waals surface area contributed by atoms with E-state index in [0.717, 1.165) is 13.0 Å². The Balaban J connectivity index is 2.27. The molecule has 3 nitrogen and oxygen atoms in total. The molecule has 0 atom stereocenters. The van der Waals surface area contributed by atoms with Crippen LogP contribution in [0.2, 0.25) is 0 Å². The number of para-hydroxylation sites is 1. The van der Waals surface area contributed by atoms with Crippen LogP contribution in [0.15, 0.2) is 24.3 Å². The molecule has 4 heteroatoms. The van der Waals surface area contributed by atoms with E-state index in [4.69, 9.17) is 0 Å². The van der Waals surface area contributed by atoms with Crippen LogP contribution >= 0.6 is 0 Å². The first kappa shape index (κ1) is 11.9. The van der Waals surface area contributed by atoms with Crippen molar-refractivity contribution in [1.29, 1.82) is 0 Å². The van der Waals surface area contributed by atoms with Crippen LogP contribution in [0.5, 0.6) is 0 Å². The highest BCUT2D eigenvalue weighted by Gasteiger charge is 2.29. The predicted octanol–water partition coefficient (Wildman–Crippen LogP) is 2.87. The van der Waals surface area contributed by atoms with Gasteiger partial charge in [0, 0.05) is 19.1 Å². The molecule has 0 saturated carbocycles. The average molecular weight is 236 g/mol. The summed E-state index contributed by atoms with van der Waals surface area (Å²) in [5, 5.41) is 0. The maximum absolute atomic E-state index is 13.7. The van der Waals surface area contributed by atoms with Crippen LogP contribution in [0.4, 0.5) is 14.9 Å². The Bertz CT molecular complexity index is 420. The molecule has 1 aromatic rings. The molecule has 92 valence electrons. The molecule has 1 aromatic carbocycles. The van der Waals surface area contributed by atoms with Crippen molar-refractivity contribution in [3.8, 4) is 0 Å². The summed E-state index contributed by atoms with van der Waals surface area (Å²) in [7, 11) is 0. The third kappa shape index (κ3) is 2.25. The Morgan fingerprint density at radius 3 is 2.59 bits per heavy atom. The molecule has 2 rings (SSSR count). The van der Waals surface area contributed by atoms with E-state index in [9.17, 15) is 9.18 Å². The highest BCUT2D eigenvalue weighted by atomic mass is 19.1. The molecule has 1 heterocycles. The Hall–Kier alpha value is -1.58. The van der Waals surface area contributed by atoms with Gasteiger partial charge in [-0.25, -0.2) is 9.18 Å². The summed E-state index contributed by atoms with van der Waals surface area (Å²) in [6.07, 6.45) is 0.873. The van der Waals surface area contributed by atoms with E-state index in [0.29, 0.717) is 12.2 Å². The maximum atomic E-state index is 13.7. The lowest BCUT2D eigenvalue weighted by Crippen LogP contribution is -2.52. The summed E-state index contributed by atoms with van der Waals surface area (Å²) in [6, 6.07) is 6.47. The first-order chi connectivity index (χ1) is 8.11. The van der Waals surface area contributed by atoms with Crippen LogP contribution in [-0.4, -0.2) is 30.1 Å². The van der Waals surface area contributed by atoms with Gasteiger partial charge in [0.25, 0.3) is 0 Å². The highest BCUT2D eigenvalue weighted by molar-refractivity contribution is 5.93. The number of halogens is 1. The van der Waals surface area contributed by atoms with Gasteiger partial charge in [-0.15, -0.1) is 0 Å². The number of urea groups is 1. The monoisotopic (exact) mass is 236 g/mol. The van der Waals surface area contributed by atoms with Gasteiger partial charge < -0.3 is 4.90 Å². The van der Waals surface area contributed by atoms with Gasteiger partial charge in [0.1, 0.15) is 5.82 Å². The van der Waals surface area contributed by atoms with Crippen LogP contribution in [0.3, 0.4) is 0 Å². The third-order valence-corrected chi connectivity index (χ3v) is 3.02. The van der Waals surface area contributed by atoms with Gasteiger partial charge in [0.15, 0.2) is 0 Å². The molecule has 0 bridgehead atoms. The fourth-order valence-electron chi connectivity index (χ4n) is 2.12. The quantitative estimate of drug-likeness (QED) is 0.774. The number of carbonyl (C=O) groups is 1. The molecule has 1 aliphatic rings. The van der Waals surface area contributed by atoms with Crippen molar-refractivity contribution in [2.75, 3.05) is 18.0 Å². The smallest absolute Gasteiger partial charge is 0.322 e. The van der Waals surface area contributed by atoms with Crippen molar-refractivity contribution >= 4 is 11.7 Å². The summed E-state index contributed by atoms with van der Waals surface area (Å²) in [5.41, 5.74) is 0.378. The van der Waals surface area contributed by atoms with Crippen LogP contribution < -0.4 is 4.90 Å². The van der Waals surface area contributed by atoms with E-state index in [1.165, 1.54) is 11.0 Å². The summed E-state index contributed by atoms with van der Waals surface area (Å²) in [6.45, 7) is 5.29. The summed E-state index contributed by atoms with van der Waals surface area (Å²) in [5.74, 6) is -0.341. The largest absolute Gasteiger partial charge is 0.324 e. The van der Waals surface area contributed by atoms with Gasteiger partial charge in [0.05, 0.1) is 5.69 Å². The molecule has 2 amide bonds. The summed E-state index contributed by atoms with van der Waals surface area (Å²) < 4.78 is 13.7. The number of carbonyl (C=O) groups excluding carboxylic acids is 1. The normalized spacial score (nSPS) is 16.8. The van der Waals surface area contributed by atoms with E-state index in [-0.39, 0.29) is 17.9 Å². The zero-order chi connectivity index (χ0) is 12.4. The molecule has 0 aliphatic carbocycles. The average Bonchev–Trinajstić information content (AvgIpc) is 2.30. The topological polar surface area (TPSA) is 23.6 Å². The first-order valence-corrected chi connectivity index (χ1v) is 5.94. The minimum Gasteiger partial charge on any atom is -0.322 e. The molecule has 1 fully saturated rings. The molecule has 0 aromatic heterocycles. The fraction of sp³-hybridized carbons (Fsp3) is 0.462. The Kier molecular flexibility index (Phi) is 3.31. The van der Waals surface area contributed by atoms with E-state index >= 15 is 0 Å². The lowest BCUT2D eigenvalue weighted by atomic mass is 10.2. The zero-order valence-corrected chi connectivity index (χ0v) is 10.2. The lowest BCUT2D eigenvalue weighted by molar-refractivity contribution is 0.179. The van der Waals surface area contributed by atoms with Gasteiger partial charge in [-0.2, -0.15) is 0 Å². The molecule has 0 spiro atoms. The van der Waals surface area contributed by atoms with Crippen LogP contribution in [-0.2, 0) is 0 Å². The predicted molar refractivity (Wildman–Crippen MR) is 65.6 cm³/mol. The number of nitrogens with zero attached hydrogens (tertiary/aromatic N) is 2. The van der Waals surface area contributed by atoms with Crippen LogP contribution in [0.1, 0.15) is 20.3 Å². The molecular formula is C13H17FN2O. The van der Waals surface area contributed by atoms with Gasteiger partial charge >= 0.3 is 6.03 Å². The standard InChI is InChI=1S/C13H17FN2O/c1-10(2)15-8-5-9-16(13(15)17)12-7-4-3-6-11(12)14/h3-4,6-7,10H,5,8-9H2,1-2H3. The second kappa shape index (κ2) is 4.73. The van der Waals surface area contributed by atoms with Gasteiger partial charge in [0.2, 0.25) is 0 Å². The molecule has 1 aliphatic heterocycles. The Morgan fingerprint density at radius 2 is 1.94 bits per heavy atom. The molecule has 0 N–H and O–H groups in total. The van der Waals surface area contributed by atoms with Gasteiger partial charge in [-0.3, -0.25) is 4.90 Å². The molecule has 0 radical (unpaired) electrons. The van der Waals surface area contributed by atoms with Crippen LogP contribution in [0, 0.1) is 5.82 Å². The van der Waals surface area contributed by atoms with Crippen molar-refractivity contribution in [2.24, 2.45) is 0 Å². The maximum Gasteiger partial charge on any atom is 0.324 e. The number of hydrogen-bond donors (Lipinski definition) is 0. The van der Waals surface area contributed by atoms with E-state index in [1.54, 1.807) is 23.1 Å². The van der Waals surface area contributed by atoms with Crippen LogP contribution in [0.25, 0.3) is 0 Å². The summed E-state index contributed by atoms with van der Waals surface area (Å²) in [4.78, 5) is 15.5. The molecule has 1 saturated heterocycles. The van der Waals surface area contributed by atoms with Crippen molar-refractivity contribution in [3.63, 3.8) is 0 Å². The number of rotatable bonds is 2. The van der Waals surface area contributed by atoms with Gasteiger partial charge in [-0.05, 0) is 32.4 Å². The number of benzene rings is 1. The third-order valence-electron chi connectivity index (χ3n) is 3.02. The number of anilines is 1. The van der Waals surface area contributed by atoms with E-state index in [2.05, 4.69) is 0 Å². The van der Waals surface area contributed by atoms with Crippen molar-refractivity contribution in [1.82, 2.24) is 4.90 Å². The van der Waals surface area contributed by atoms with Crippen molar-refractivity contribution < 1.29 is 9.18 Å². The van der Waals surface area contributed by atoms with Gasteiger partial charge in [-0.1, -0.05) is 12.1 Å². The van der Waals surface area contributed by atoms with Crippen molar-refractivity contribution in [2.45, 2.75) is 26.3 Å². The molecule has 17 heavy (non-hydrogen) atoms. The number of amides is 2. The number of hydrogen-bond acceptors (Lipinski definition) is 1. The zero-order valence-electron chi connectivity index (χ0n) is 10.2. The minimum atomic E-state index is -0.341. The summed E-state index contributed by atoms with van der Waals surface area (Å²) >= 11 is 0. The second-order valence-electron chi connectivity index (χ2n) is 4.53. The fourth-order valence-corrected chi connectivity index (χ4v) is 2.12. The molecular weight excluding hydrogens is 219 g/mol. The van der Waals surface area contributed by atoms with Crippen molar-refractivity contribution in [3.05, 3.63) is 30.1 Å². The Labute approximate surface area is 101 Å². The minimum absolute atomic E-state index is 0.101. The molecule has 0 unspecified atom stereocenters. The van der Waals surface area contributed by atoms with E-state index < -0.39 is 0 Å². The highest BCUT2D eigenvalue weighted by Crippen LogP contribution is 2.23. The lowest BCUT2D eigenvalue weighted by Gasteiger charge is -2.38. The Morgan fingerprint density at radius 1 is 1.24 bits per heavy atom. The SMILES string of the molecule is CC(C)N1CCCN(c2ccccc2F)C1=O. The van der Waals surface area contributed by atoms with E-state index in [1.807, 2.05) is 13.8 Å². The second-order valence-corrected chi connectivity index (χ2v) is 4.53. The first-order valence-electron chi connectivity index (χ1n) is 5.94.